The van der Waals surface area contributed by atoms with Gasteiger partial charge in [0.1, 0.15) is 5.76 Å². The molecule has 0 spiro atoms. The first-order chi connectivity index (χ1) is 14.3. The molecule has 0 unspecified atom stereocenters. The maximum Gasteiger partial charge on any atom is 0.416 e. The van der Waals surface area contributed by atoms with Gasteiger partial charge in [0.05, 0.1) is 19.2 Å². The molecule has 0 radical (unpaired) electrons. The fraction of sp³-hybridized carbons (Fsp3) is 0.400. The number of methoxy groups -OCH3 is 1. The number of aromatic nitrogens is 3. The quantitative estimate of drug-likeness (QED) is 0.673. The van der Waals surface area contributed by atoms with Crippen molar-refractivity contribution < 1.29 is 22.4 Å². The number of halogens is 3. The predicted molar refractivity (Wildman–Crippen MR) is 104 cm³/mol. The molecule has 0 bridgehead atoms. The summed E-state index contributed by atoms with van der Waals surface area (Å²) in [6.45, 7) is 1.54. The second-order valence-electron chi connectivity index (χ2n) is 7.29. The van der Waals surface area contributed by atoms with Crippen LogP contribution >= 0.6 is 0 Å². The van der Waals surface area contributed by atoms with Crippen LogP contribution in [0.3, 0.4) is 0 Å². The topological polar surface area (TPSA) is 82.3 Å². The number of rotatable bonds is 5. The standard InChI is InChI=1S/C20H22F3N5O2/c1-29-18-11-17(30-26-18)13-4-7-27(8-5-13)16-10-15(20(21,22)23)3-2-14(16)12-28-9-6-25-19(28)24/h2-3,6,9-11,13H,4-5,7-8,12H2,1H3,(H2,24,25). The van der Waals surface area contributed by atoms with Gasteiger partial charge in [-0.1, -0.05) is 6.07 Å². The van der Waals surface area contributed by atoms with E-state index in [4.69, 9.17) is 15.0 Å². The van der Waals surface area contributed by atoms with Gasteiger partial charge >= 0.3 is 6.18 Å². The van der Waals surface area contributed by atoms with Gasteiger partial charge in [0.2, 0.25) is 0 Å². The summed E-state index contributed by atoms with van der Waals surface area (Å²) in [4.78, 5) is 5.97. The highest BCUT2D eigenvalue weighted by Gasteiger charge is 2.32. The number of benzene rings is 1. The molecule has 7 nitrogen and oxygen atoms in total. The molecule has 1 aromatic carbocycles. The van der Waals surface area contributed by atoms with Crippen LogP contribution in [0.25, 0.3) is 0 Å². The van der Waals surface area contributed by atoms with E-state index in [0.29, 0.717) is 37.1 Å². The molecule has 3 heterocycles. The van der Waals surface area contributed by atoms with Gasteiger partial charge in [-0.05, 0) is 35.7 Å². The van der Waals surface area contributed by atoms with Crippen molar-refractivity contribution in [1.82, 2.24) is 14.7 Å². The van der Waals surface area contributed by atoms with Crippen LogP contribution in [-0.4, -0.2) is 34.9 Å². The summed E-state index contributed by atoms with van der Waals surface area (Å²) in [6, 6.07) is 5.61. The van der Waals surface area contributed by atoms with Crippen molar-refractivity contribution in [3.05, 3.63) is 53.5 Å². The molecule has 0 aliphatic carbocycles. The number of nitrogens with zero attached hydrogens (tertiary/aromatic N) is 4. The van der Waals surface area contributed by atoms with E-state index >= 15 is 0 Å². The number of hydrogen-bond donors (Lipinski definition) is 1. The molecule has 4 rings (SSSR count). The van der Waals surface area contributed by atoms with E-state index in [1.54, 1.807) is 23.0 Å². The second-order valence-corrected chi connectivity index (χ2v) is 7.29. The van der Waals surface area contributed by atoms with Crippen molar-refractivity contribution in [1.29, 1.82) is 0 Å². The Balaban J connectivity index is 1.57. The molecular weight excluding hydrogens is 399 g/mol. The first-order valence-corrected chi connectivity index (χ1v) is 9.57. The van der Waals surface area contributed by atoms with E-state index in [-0.39, 0.29) is 5.92 Å². The molecule has 1 aliphatic heterocycles. The molecule has 1 aliphatic rings. The normalized spacial score (nSPS) is 15.5. The molecule has 30 heavy (non-hydrogen) atoms. The minimum atomic E-state index is -4.41. The van der Waals surface area contributed by atoms with E-state index in [0.717, 1.165) is 30.2 Å². The zero-order chi connectivity index (χ0) is 21.3. The number of anilines is 2. The van der Waals surface area contributed by atoms with Crippen molar-refractivity contribution in [2.75, 3.05) is 30.8 Å². The molecule has 0 amide bonds. The molecule has 10 heteroatoms. The largest absolute Gasteiger partial charge is 0.479 e. The summed E-state index contributed by atoms with van der Waals surface area (Å²) in [5.74, 6) is 1.63. The van der Waals surface area contributed by atoms with Crippen LogP contribution in [0.2, 0.25) is 0 Å². The van der Waals surface area contributed by atoms with Gasteiger partial charge in [0.25, 0.3) is 5.88 Å². The molecule has 3 aromatic rings. The lowest BCUT2D eigenvalue weighted by Gasteiger charge is -2.34. The number of hydrogen-bond acceptors (Lipinski definition) is 6. The minimum absolute atomic E-state index is 0.149. The number of piperidine rings is 1. The SMILES string of the molecule is COc1cc(C2CCN(c3cc(C(F)(F)F)ccc3Cn3ccnc3N)CC2)on1. The summed E-state index contributed by atoms with van der Waals surface area (Å²) in [5.41, 5.74) is 6.50. The monoisotopic (exact) mass is 421 g/mol. The average Bonchev–Trinajstić information content (AvgIpc) is 3.37. The molecule has 1 fully saturated rings. The lowest BCUT2D eigenvalue weighted by molar-refractivity contribution is -0.137. The van der Waals surface area contributed by atoms with E-state index < -0.39 is 11.7 Å². The molecule has 0 atom stereocenters. The van der Waals surface area contributed by atoms with Crippen LogP contribution in [0.1, 0.15) is 35.6 Å². The number of nitrogens with two attached hydrogens (primary N) is 1. The van der Waals surface area contributed by atoms with E-state index in [2.05, 4.69) is 10.1 Å². The summed E-state index contributed by atoms with van der Waals surface area (Å²) >= 11 is 0. The molecule has 0 saturated carbocycles. The Morgan fingerprint density at radius 2 is 2.00 bits per heavy atom. The van der Waals surface area contributed by atoms with E-state index in [9.17, 15) is 13.2 Å². The number of nitrogen functional groups attached to an aromatic ring is 1. The first-order valence-electron chi connectivity index (χ1n) is 9.57. The first kappa shape index (κ1) is 20.1. The summed E-state index contributed by atoms with van der Waals surface area (Å²) in [6.07, 6.45) is 0.342. The van der Waals surface area contributed by atoms with Gasteiger partial charge in [-0.3, -0.25) is 0 Å². The summed E-state index contributed by atoms with van der Waals surface area (Å²) < 4.78 is 52.1. The number of imidazole rings is 1. The maximum absolute atomic E-state index is 13.3. The lowest BCUT2D eigenvalue weighted by Crippen LogP contribution is -2.34. The van der Waals surface area contributed by atoms with Crippen molar-refractivity contribution in [3.63, 3.8) is 0 Å². The van der Waals surface area contributed by atoms with Gasteiger partial charge in [0.15, 0.2) is 5.95 Å². The van der Waals surface area contributed by atoms with Gasteiger partial charge in [-0.25, -0.2) is 4.98 Å². The van der Waals surface area contributed by atoms with Crippen molar-refractivity contribution >= 4 is 11.6 Å². The Morgan fingerprint density at radius 3 is 2.60 bits per heavy atom. The van der Waals surface area contributed by atoms with Gasteiger partial charge in [-0.15, -0.1) is 0 Å². The zero-order valence-corrected chi connectivity index (χ0v) is 16.4. The molecule has 1 saturated heterocycles. The van der Waals surface area contributed by atoms with Gasteiger partial charge in [0, 0.05) is 43.2 Å². The van der Waals surface area contributed by atoms with Crippen LogP contribution in [0.15, 0.2) is 41.2 Å². The smallest absolute Gasteiger partial charge is 0.416 e. The number of alkyl halides is 3. The average molecular weight is 421 g/mol. The Morgan fingerprint density at radius 1 is 1.23 bits per heavy atom. The summed E-state index contributed by atoms with van der Waals surface area (Å²) in [5, 5.41) is 3.83. The lowest BCUT2D eigenvalue weighted by atomic mass is 9.93. The van der Waals surface area contributed by atoms with Crippen LogP contribution in [-0.2, 0) is 12.7 Å². The fourth-order valence-electron chi connectivity index (χ4n) is 3.79. The molecular formula is C20H22F3N5O2. The van der Waals surface area contributed by atoms with Crippen LogP contribution in [0.5, 0.6) is 5.88 Å². The maximum atomic E-state index is 13.3. The third-order valence-electron chi connectivity index (χ3n) is 5.45. The van der Waals surface area contributed by atoms with Gasteiger partial charge in [-0.2, -0.15) is 13.2 Å². The van der Waals surface area contributed by atoms with Crippen LogP contribution < -0.4 is 15.4 Å². The third kappa shape index (κ3) is 4.07. The molecule has 2 N–H and O–H groups in total. The second kappa shape index (κ2) is 7.92. The Kier molecular flexibility index (Phi) is 5.31. The molecule has 160 valence electrons. The van der Waals surface area contributed by atoms with Crippen LogP contribution in [0, 0.1) is 0 Å². The third-order valence-corrected chi connectivity index (χ3v) is 5.45. The Labute approximate surface area is 171 Å². The Bertz CT molecular complexity index is 1010. The van der Waals surface area contributed by atoms with Crippen LogP contribution in [0.4, 0.5) is 24.8 Å². The van der Waals surface area contributed by atoms with Gasteiger partial charge < -0.3 is 24.5 Å². The van der Waals surface area contributed by atoms with E-state index in [1.807, 2.05) is 4.90 Å². The van der Waals surface area contributed by atoms with Crippen molar-refractivity contribution in [2.24, 2.45) is 0 Å². The Hall–Kier alpha value is -3.17. The fourth-order valence-corrected chi connectivity index (χ4v) is 3.79. The highest BCUT2D eigenvalue weighted by molar-refractivity contribution is 5.57. The predicted octanol–water partition coefficient (Wildman–Crippen LogP) is 3.91. The van der Waals surface area contributed by atoms with Crippen molar-refractivity contribution in [3.8, 4) is 5.88 Å². The summed E-state index contributed by atoms with van der Waals surface area (Å²) in [7, 11) is 1.52. The van der Waals surface area contributed by atoms with Crippen molar-refractivity contribution in [2.45, 2.75) is 31.5 Å². The molecule has 2 aromatic heterocycles. The zero-order valence-electron chi connectivity index (χ0n) is 16.4. The van der Waals surface area contributed by atoms with E-state index in [1.165, 1.54) is 19.2 Å². The minimum Gasteiger partial charge on any atom is -0.479 e. The highest BCUT2D eigenvalue weighted by Crippen LogP contribution is 2.37. The highest BCUT2D eigenvalue weighted by atomic mass is 19.4. The number of ether oxygens (including phenoxy) is 1.